The molecular formula is C9H18F3NO2. The zero-order valence-electron chi connectivity index (χ0n) is 8.81. The number of hydrogen-bond donors (Lipinski definition) is 2. The van der Waals surface area contributed by atoms with Gasteiger partial charge in [0.2, 0.25) is 0 Å². The molecule has 0 saturated heterocycles. The third kappa shape index (κ3) is 11.6. The topological polar surface area (TPSA) is 41.5 Å². The van der Waals surface area contributed by atoms with Crippen molar-refractivity contribution in [2.24, 2.45) is 0 Å². The maximum Gasteiger partial charge on any atom is 0.390 e. The van der Waals surface area contributed by atoms with Gasteiger partial charge in [-0.3, -0.25) is 0 Å². The highest BCUT2D eigenvalue weighted by Crippen LogP contribution is 2.21. The van der Waals surface area contributed by atoms with Crippen LogP contribution in [0.4, 0.5) is 13.2 Å². The normalized spacial score (nSPS) is 14.2. The van der Waals surface area contributed by atoms with Crippen molar-refractivity contribution in [3.8, 4) is 0 Å². The fourth-order valence-electron chi connectivity index (χ4n) is 1.11. The molecule has 0 amide bonds. The molecule has 0 aliphatic carbocycles. The first kappa shape index (κ1) is 14.7. The first-order valence-corrected chi connectivity index (χ1v) is 4.94. The van der Waals surface area contributed by atoms with Crippen LogP contribution in [-0.2, 0) is 4.74 Å². The van der Waals surface area contributed by atoms with Crippen LogP contribution in [-0.4, -0.2) is 43.7 Å². The SMILES string of the molecule is CC(CC(F)(F)F)NCCCOCCO. The van der Waals surface area contributed by atoms with Crippen LogP contribution in [0.2, 0.25) is 0 Å². The van der Waals surface area contributed by atoms with Crippen LogP contribution in [0.15, 0.2) is 0 Å². The van der Waals surface area contributed by atoms with E-state index in [-0.39, 0.29) is 13.2 Å². The number of aliphatic hydroxyl groups is 1. The fraction of sp³-hybridized carbons (Fsp3) is 1.00. The van der Waals surface area contributed by atoms with Crippen LogP contribution in [0, 0.1) is 0 Å². The van der Waals surface area contributed by atoms with Crippen molar-refractivity contribution >= 4 is 0 Å². The molecule has 15 heavy (non-hydrogen) atoms. The summed E-state index contributed by atoms with van der Waals surface area (Å²) in [7, 11) is 0. The molecule has 0 aromatic heterocycles. The molecule has 0 aliphatic heterocycles. The van der Waals surface area contributed by atoms with Gasteiger partial charge in [-0.2, -0.15) is 13.2 Å². The lowest BCUT2D eigenvalue weighted by Gasteiger charge is -2.15. The highest BCUT2D eigenvalue weighted by atomic mass is 19.4. The summed E-state index contributed by atoms with van der Waals surface area (Å²) in [6.07, 6.45) is -4.29. The lowest BCUT2D eigenvalue weighted by atomic mass is 10.2. The first-order valence-electron chi connectivity index (χ1n) is 4.94. The minimum Gasteiger partial charge on any atom is -0.394 e. The quantitative estimate of drug-likeness (QED) is 0.617. The van der Waals surface area contributed by atoms with Crippen molar-refractivity contribution in [3.63, 3.8) is 0 Å². The maximum absolute atomic E-state index is 11.9. The van der Waals surface area contributed by atoms with E-state index in [1.807, 2.05) is 0 Å². The Hall–Kier alpha value is -0.330. The van der Waals surface area contributed by atoms with Gasteiger partial charge in [-0.25, -0.2) is 0 Å². The van der Waals surface area contributed by atoms with Crippen molar-refractivity contribution in [2.75, 3.05) is 26.4 Å². The van der Waals surface area contributed by atoms with Gasteiger partial charge in [-0.05, 0) is 19.9 Å². The predicted octanol–water partition coefficient (Wildman–Crippen LogP) is 1.32. The van der Waals surface area contributed by atoms with Gasteiger partial charge in [-0.15, -0.1) is 0 Å². The average Bonchev–Trinajstić information content (AvgIpc) is 2.08. The van der Waals surface area contributed by atoms with Crippen LogP contribution < -0.4 is 5.32 Å². The lowest BCUT2D eigenvalue weighted by Crippen LogP contribution is -2.32. The molecule has 0 heterocycles. The number of ether oxygens (including phenoxy) is 1. The van der Waals surface area contributed by atoms with Crippen molar-refractivity contribution in [1.29, 1.82) is 0 Å². The van der Waals surface area contributed by atoms with Crippen LogP contribution in [0.3, 0.4) is 0 Å². The Balaban J connectivity index is 3.28. The molecule has 0 rings (SSSR count). The smallest absolute Gasteiger partial charge is 0.390 e. The van der Waals surface area contributed by atoms with E-state index in [0.29, 0.717) is 19.6 Å². The van der Waals surface area contributed by atoms with E-state index < -0.39 is 18.6 Å². The Labute approximate surface area is 87.6 Å². The highest BCUT2D eigenvalue weighted by molar-refractivity contribution is 4.65. The molecule has 3 nitrogen and oxygen atoms in total. The van der Waals surface area contributed by atoms with Crippen molar-refractivity contribution < 1.29 is 23.0 Å². The third-order valence-corrected chi connectivity index (χ3v) is 1.73. The molecule has 0 fully saturated rings. The van der Waals surface area contributed by atoms with Crippen LogP contribution in [0.5, 0.6) is 0 Å². The van der Waals surface area contributed by atoms with E-state index >= 15 is 0 Å². The molecule has 1 unspecified atom stereocenters. The van der Waals surface area contributed by atoms with E-state index in [0.717, 1.165) is 0 Å². The molecule has 92 valence electrons. The summed E-state index contributed by atoms with van der Waals surface area (Å²) < 4.78 is 40.6. The first-order chi connectivity index (χ1) is 6.95. The molecule has 0 spiro atoms. The van der Waals surface area contributed by atoms with Gasteiger partial charge >= 0.3 is 6.18 Å². The zero-order valence-corrected chi connectivity index (χ0v) is 8.81. The van der Waals surface area contributed by atoms with E-state index in [1.54, 1.807) is 0 Å². The van der Waals surface area contributed by atoms with Crippen LogP contribution in [0.25, 0.3) is 0 Å². The zero-order chi connectivity index (χ0) is 11.7. The number of hydrogen-bond acceptors (Lipinski definition) is 3. The molecule has 2 N–H and O–H groups in total. The summed E-state index contributed by atoms with van der Waals surface area (Å²) in [5.74, 6) is 0. The molecule has 0 aromatic carbocycles. The molecule has 0 radical (unpaired) electrons. The second-order valence-corrected chi connectivity index (χ2v) is 3.36. The third-order valence-electron chi connectivity index (χ3n) is 1.73. The monoisotopic (exact) mass is 229 g/mol. The molecule has 0 aromatic rings. The largest absolute Gasteiger partial charge is 0.394 e. The van der Waals surface area contributed by atoms with Gasteiger partial charge in [0.25, 0.3) is 0 Å². The minimum absolute atomic E-state index is 0.0299. The van der Waals surface area contributed by atoms with Crippen molar-refractivity contribution in [1.82, 2.24) is 5.32 Å². The number of aliphatic hydroxyl groups excluding tert-OH is 1. The van der Waals surface area contributed by atoms with Crippen molar-refractivity contribution in [2.45, 2.75) is 32.0 Å². The minimum atomic E-state index is -4.11. The highest BCUT2D eigenvalue weighted by Gasteiger charge is 2.29. The summed E-state index contributed by atoms with van der Waals surface area (Å²) in [6.45, 7) is 2.69. The Morgan fingerprint density at radius 2 is 2.00 bits per heavy atom. The molecule has 1 atom stereocenters. The number of rotatable bonds is 8. The standard InChI is InChI=1S/C9H18F3NO2/c1-8(7-9(10,11)12)13-3-2-5-15-6-4-14/h8,13-14H,2-7H2,1H3. The van der Waals surface area contributed by atoms with Gasteiger partial charge < -0.3 is 15.2 Å². The summed E-state index contributed by atoms with van der Waals surface area (Å²) >= 11 is 0. The summed E-state index contributed by atoms with van der Waals surface area (Å²) in [6, 6.07) is -0.567. The van der Waals surface area contributed by atoms with E-state index in [4.69, 9.17) is 9.84 Å². The maximum atomic E-state index is 11.9. The molecular weight excluding hydrogens is 211 g/mol. The van der Waals surface area contributed by atoms with Crippen LogP contribution in [0.1, 0.15) is 19.8 Å². The summed E-state index contributed by atoms with van der Waals surface area (Å²) in [5.41, 5.74) is 0. The van der Waals surface area contributed by atoms with E-state index in [1.165, 1.54) is 6.92 Å². The lowest BCUT2D eigenvalue weighted by molar-refractivity contribution is -0.139. The number of nitrogens with one attached hydrogen (secondary N) is 1. The Bertz CT molecular complexity index is 153. The average molecular weight is 229 g/mol. The summed E-state index contributed by atoms with van der Waals surface area (Å²) in [4.78, 5) is 0. The molecule has 0 aliphatic rings. The summed E-state index contributed by atoms with van der Waals surface area (Å²) in [5, 5.41) is 11.1. The number of halogens is 3. The van der Waals surface area contributed by atoms with E-state index in [9.17, 15) is 13.2 Å². The predicted molar refractivity (Wildman–Crippen MR) is 50.7 cm³/mol. The van der Waals surface area contributed by atoms with Gasteiger partial charge in [0, 0.05) is 12.6 Å². The second-order valence-electron chi connectivity index (χ2n) is 3.36. The van der Waals surface area contributed by atoms with E-state index in [2.05, 4.69) is 5.32 Å². The van der Waals surface area contributed by atoms with Gasteiger partial charge in [0.1, 0.15) is 0 Å². The second kappa shape index (κ2) is 7.90. The van der Waals surface area contributed by atoms with Crippen molar-refractivity contribution in [3.05, 3.63) is 0 Å². The van der Waals surface area contributed by atoms with Gasteiger partial charge in [0.15, 0.2) is 0 Å². The van der Waals surface area contributed by atoms with Crippen LogP contribution >= 0.6 is 0 Å². The fourth-order valence-corrected chi connectivity index (χ4v) is 1.11. The Kier molecular flexibility index (Phi) is 7.72. The van der Waals surface area contributed by atoms with Gasteiger partial charge in [0.05, 0.1) is 19.6 Å². The Morgan fingerprint density at radius 1 is 1.33 bits per heavy atom. The molecule has 6 heteroatoms. The molecule has 0 bridgehead atoms. The molecule has 0 saturated carbocycles. The van der Waals surface area contributed by atoms with Gasteiger partial charge in [-0.1, -0.05) is 0 Å². The number of alkyl halides is 3. The Morgan fingerprint density at radius 3 is 2.53 bits per heavy atom.